The van der Waals surface area contributed by atoms with Gasteiger partial charge in [0.1, 0.15) is 0 Å². The van der Waals surface area contributed by atoms with Crippen molar-refractivity contribution in [1.29, 1.82) is 0 Å². The van der Waals surface area contributed by atoms with Gasteiger partial charge in [-0.25, -0.2) is 0 Å². The van der Waals surface area contributed by atoms with E-state index in [2.05, 4.69) is 59.8 Å². The molecule has 2 heteroatoms. The molecule has 0 radical (unpaired) electrons. The molecule has 1 saturated carbocycles. The van der Waals surface area contributed by atoms with E-state index in [4.69, 9.17) is 0 Å². The Bertz CT molecular complexity index is 524. The first-order valence-electron chi connectivity index (χ1n) is 7.50. The predicted molar refractivity (Wildman–Crippen MR) is 82.7 cm³/mol. The Balaban J connectivity index is 1.56. The summed E-state index contributed by atoms with van der Waals surface area (Å²) in [6, 6.07) is 17.7. The number of rotatable bonds is 6. The van der Waals surface area contributed by atoms with E-state index in [-0.39, 0.29) is 0 Å². The minimum absolute atomic E-state index is 0.599. The average Bonchev–Trinajstić information content (AvgIpc) is 3.30. The summed E-state index contributed by atoms with van der Waals surface area (Å²) in [4.78, 5) is 4.41. The molecule has 2 nitrogen and oxygen atoms in total. The predicted octanol–water partition coefficient (Wildman–Crippen LogP) is 3.41. The van der Waals surface area contributed by atoms with Crippen LogP contribution in [0.4, 0.5) is 0 Å². The number of benzene rings is 1. The molecular weight excluding hydrogens is 244 g/mol. The van der Waals surface area contributed by atoms with E-state index in [1.807, 2.05) is 12.3 Å². The molecule has 1 aliphatic carbocycles. The fraction of sp³-hybridized carbons (Fsp3) is 0.389. The molecule has 1 heterocycles. The van der Waals surface area contributed by atoms with Crippen LogP contribution in [0.5, 0.6) is 0 Å². The number of hydrogen-bond acceptors (Lipinski definition) is 2. The highest BCUT2D eigenvalue weighted by molar-refractivity contribution is 5.26. The van der Waals surface area contributed by atoms with Gasteiger partial charge < -0.3 is 5.32 Å². The lowest BCUT2D eigenvalue weighted by molar-refractivity contribution is 0.460. The highest BCUT2D eigenvalue weighted by Gasteiger charge is 2.42. The Kier molecular flexibility index (Phi) is 4.12. The quantitative estimate of drug-likeness (QED) is 0.866. The zero-order valence-electron chi connectivity index (χ0n) is 12.0. The topological polar surface area (TPSA) is 24.9 Å². The first kappa shape index (κ1) is 13.3. The molecular formula is C18H22N2. The molecule has 1 aromatic carbocycles. The zero-order valence-corrected chi connectivity index (χ0v) is 12.0. The van der Waals surface area contributed by atoms with E-state index in [1.165, 1.54) is 24.1 Å². The van der Waals surface area contributed by atoms with Gasteiger partial charge in [-0.1, -0.05) is 36.4 Å². The van der Waals surface area contributed by atoms with Gasteiger partial charge in [-0.05, 0) is 55.8 Å². The summed E-state index contributed by atoms with van der Waals surface area (Å²) in [5.41, 5.74) is 2.69. The lowest BCUT2D eigenvalue weighted by Gasteiger charge is -2.16. The molecule has 104 valence electrons. The fourth-order valence-corrected chi connectivity index (χ4v) is 3.16. The van der Waals surface area contributed by atoms with Crippen LogP contribution >= 0.6 is 0 Å². The smallest absolute Gasteiger partial charge is 0.0404 e. The molecule has 1 fully saturated rings. The van der Waals surface area contributed by atoms with Gasteiger partial charge in [-0.15, -0.1) is 0 Å². The third-order valence-corrected chi connectivity index (χ3v) is 4.39. The zero-order chi connectivity index (χ0) is 13.8. The molecule has 20 heavy (non-hydrogen) atoms. The largest absolute Gasteiger partial charge is 0.317 e. The van der Waals surface area contributed by atoms with E-state index < -0.39 is 0 Å². The van der Waals surface area contributed by atoms with Gasteiger partial charge in [-0.2, -0.15) is 0 Å². The van der Waals surface area contributed by atoms with Crippen LogP contribution in [0.15, 0.2) is 54.7 Å². The molecule has 1 aromatic heterocycles. The van der Waals surface area contributed by atoms with Crippen molar-refractivity contribution in [3.63, 3.8) is 0 Å². The number of aromatic nitrogens is 1. The molecule has 1 N–H and O–H groups in total. The van der Waals surface area contributed by atoms with Gasteiger partial charge in [0.15, 0.2) is 0 Å². The summed E-state index contributed by atoms with van der Waals surface area (Å²) in [7, 11) is 2.09. The number of aryl methyl sites for hydroxylation is 1. The van der Waals surface area contributed by atoms with Crippen LogP contribution in [0.3, 0.4) is 0 Å². The van der Waals surface area contributed by atoms with E-state index in [0.29, 0.717) is 6.04 Å². The molecule has 0 spiro atoms. The van der Waals surface area contributed by atoms with E-state index in [9.17, 15) is 0 Å². The molecule has 2 aromatic rings. The Labute approximate surface area is 121 Å². The van der Waals surface area contributed by atoms with Gasteiger partial charge in [0.05, 0.1) is 0 Å². The third kappa shape index (κ3) is 3.07. The van der Waals surface area contributed by atoms with Crippen LogP contribution < -0.4 is 5.32 Å². The fourth-order valence-electron chi connectivity index (χ4n) is 3.16. The Hall–Kier alpha value is -1.67. The second-order valence-electron chi connectivity index (χ2n) is 5.67. The molecule has 3 rings (SSSR count). The van der Waals surface area contributed by atoms with E-state index in [1.54, 1.807) is 0 Å². The van der Waals surface area contributed by atoms with Crippen molar-refractivity contribution in [1.82, 2.24) is 10.3 Å². The SMILES string of the molecule is CNC(CCc1ccccn1)C1CC1c1ccccc1. The second-order valence-corrected chi connectivity index (χ2v) is 5.67. The van der Waals surface area contributed by atoms with E-state index in [0.717, 1.165) is 18.3 Å². The molecule has 0 aliphatic heterocycles. The normalized spacial score (nSPS) is 22.4. The van der Waals surface area contributed by atoms with Crippen molar-refractivity contribution >= 4 is 0 Å². The number of nitrogens with zero attached hydrogens (tertiary/aromatic N) is 1. The molecule has 0 bridgehead atoms. The Morgan fingerprint density at radius 1 is 1.15 bits per heavy atom. The van der Waals surface area contributed by atoms with Crippen LogP contribution in [-0.4, -0.2) is 18.1 Å². The van der Waals surface area contributed by atoms with Crippen molar-refractivity contribution in [3.05, 3.63) is 66.0 Å². The first-order valence-corrected chi connectivity index (χ1v) is 7.50. The summed E-state index contributed by atoms with van der Waals surface area (Å²) >= 11 is 0. The van der Waals surface area contributed by atoms with Gasteiger partial charge >= 0.3 is 0 Å². The maximum atomic E-state index is 4.41. The van der Waals surface area contributed by atoms with E-state index >= 15 is 0 Å². The maximum Gasteiger partial charge on any atom is 0.0404 e. The third-order valence-electron chi connectivity index (χ3n) is 4.39. The molecule has 1 aliphatic rings. The van der Waals surface area contributed by atoms with Crippen LogP contribution in [0.25, 0.3) is 0 Å². The number of nitrogens with one attached hydrogen (secondary N) is 1. The van der Waals surface area contributed by atoms with Crippen molar-refractivity contribution in [2.24, 2.45) is 5.92 Å². The number of hydrogen-bond donors (Lipinski definition) is 1. The second kappa shape index (κ2) is 6.19. The van der Waals surface area contributed by atoms with Crippen molar-refractivity contribution in [3.8, 4) is 0 Å². The standard InChI is InChI=1S/C18H22N2/c1-19-18(11-10-15-9-5-6-12-20-15)17-13-16(17)14-7-3-2-4-8-14/h2-9,12,16-19H,10-11,13H2,1H3. The van der Waals surface area contributed by atoms with Crippen molar-refractivity contribution < 1.29 is 0 Å². The van der Waals surface area contributed by atoms with Crippen molar-refractivity contribution in [2.45, 2.75) is 31.2 Å². The molecule has 0 saturated heterocycles. The van der Waals surface area contributed by atoms with Gasteiger partial charge in [-0.3, -0.25) is 4.98 Å². The minimum Gasteiger partial charge on any atom is -0.317 e. The lowest BCUT2D eigenvalue weighted by atomic mass is 10.0. The van der Waals surface area contributed by atoms with Crippen LogP contribution in [0.2, 0.25) is 0 Å². The minimum atomic E-state index is 0.599. The molecule has 3 unspecified atom stereocenters. The summed E-state index contributed by atoms with van der Waals surface area (Å²) in [5, 5.41) is 3.51. The van der Waals surface area contributed by atoms with Crippen LogP contribution in [-0.2, 0) is 6.42 Å². The highest BCUT2D eigenvalue weighted by Crippen LogP contribution is 2.50. The van der Waals surface area contributed by atoms with Gasteiger partial charge in [0.2, 0.25) is 0 Å². The highest BCUT2D eigenvalue weighted by atomic mass is 14.9. The Morgan fingerprint density at radius 2 is 1.95 bits per heavy atom. The average molecular weight is 266 g/mol. The summed E-state index contributed by atoms with van der Waals surface area (Å²) in [6.45, 7) is 0. The monoisotopic (exact) mass is 266 g/mol. The van der Waals surface area contributed by atoms with Crippen LogP contribution in [0, 0.1) is 5.92 Å². The summed E-state index contributed by atoms with van der Waals surface area (Å²) in [6.07, 6.45) is 5.43. The number of pyridine rings is 1. The summed E-state index contributed by atoms with van der Waals surface area (Å²) in [5.74, 6) is 1.53. The van der Waals surface area contributed by atoms with Crippen LogP contribution in [0.1, 0.15) is 30.0 Å². The van der Waals surface area contributed by atoms with Gasteiger partial charge in [0.25, 0.3) is 0 Å². The first-order chi connectivity index (χ1) is 9.88. The lowest BCUT2D eigenvalue weighted by Crippen LogP contribution is -2.28. The molecule has 0 amide bonds. The maximum absolute atomic E-state index is 4.41. The molecule has 3 atom stereocenters. The van der Waals surface area contributed by atoms with Crippen molar-refractivity contribution in [2.75, 3.05) is 7.05 Å². The van der Waals surface area contributed by atoms with Gasteiger partial charge in [0, 0.05) is 17.9 Å². The summed E-state index contributed by atoms with van der Waals surface area (Å²) < 4.78 is 0. The Morgan fingerprint density at radius 3 is 2.65 bits per heavy atom.